The zero-order valence-electron chi connectivity index (χ0n) is 10.8. The van der Waals surface area contributed by atoms with Gasteiger partial charge in [-0.25, -0.2) is 0 Å². The van der Waals surface area contributed by atoms with Crippen LogP contribution in [0.2, 0.25) is 0 Å². The third-order valence-electron chi connectivity index (χ3n) is 3.91. The molecule has 0 aliphatic heterocycles. The number of hydrogen-bond donors (Lipinski definition) is 1. The summed E-state index contributed by atoms with van der Waals surface area (Å²) in [5, 5.41) is 20.3. The van der Waals surface area contributed by atoms with Gasteiger partial charge in [-0.3, -0.25) is 0 Å². The lowest BCUT2D eigenvalue weighted by Gasteiger charge is -2.26. The Morgan fingerprint density at radius 3 is 2.32 bits per heavy atom. The van der Waals surface area contributed by atoms with Gasteiger partial charge >= 0.3 is 0 Å². The molecule has 0 bridgehead atoms. The summed E-state index contributed by atoms with van der Waals surface area (Å²) in [4.78, 5) is 2.06. The van der Waals surface area contributed by atoms with Crippen molar-refractivity contribution >= 4 is 11.3 Å². The van der Waals surface area contributed by atoms with E-state index in [9.17, 15) is 10.4 Å². The van der Waals surface area contributed by atoms with Crippen molar-refractivity contribution < 1.29 is 5.11 Å². The predicted molar refractivity (Wildman–Crippen MR) is 75.9 cm³/mol. The smallest absolute Gasteiger partial charge is 0.107 e. The molecule has 0 amide bonds. The monoisotopic (exact) mass is 269 g/mol. The first kappa shape index (κ1) is 12.4. The van der Waals surface area contributed by atoms with Crippen molar-refractivity contribution in [1.29, 1.82) is 5.26 Å². The highest BCUT2D eigenvalue weighted by molar-refractivity contribution is 7.12. The van der Waals surface area contributed by atoms with Crippen molar-refractivity contribution in [3.05, 3.63) is 57.3 Å². The molecular weight excluding hydrogens is 254 g/mol. The lowest BCUT2D eigenvalue weighted by Crippen LogP contribution is -2.27. The molecule has 1 aromatic heterocycles. The molecule has 2 nitrogen and oxygen atoms in total. The van der Waals surface area contributed by atoms with E-state index in [-0.39, 0.29) is 0 Å². The van der Waals surface area contributed by atoms with E-state index in [2.05, 4.69) is 18.2 Å². The van der Waals surface area contributed by atoms with Gasteiger partial charge in [0.15, 0.2) is 0 Å². The molecule has 1 unspecified atom stereocenters. The minimum atomic E-state index is -0.707. The van der Waals surface area contributed by atoms with Crippen LogP contribution in [-0.4, -0.2) is 5.11 Å². The second kappa shape index (κ2) is 4.48. The number of nitrogens with zero attached hydrogens (tertiary/aromatic N) is 1. The summed E-state index contributed by atoms with van der Waals surface area (Å²) in [6.45, 7) is 2.02. The number of fused-ring (bicyclic) bond motifs is 1. The third kappa shape index (κ3) is 1.98. The van der Waals surface area contributed by atoms with E-state index in [1.54, 1.807) is 11.3 Å². The van der Waals surface area contributed by atoms with Gasteiger partial charge in [-0.05, 0) is 43.0 Å². The van der Waals surface area contributed by atoms with Crippen LogP contribution in [0.15, 0.2) is 36.4 Å². The minimum Gasteiger partial charge on any atom is -0.386 e. The van der Waals surface area contributed by atoms with Crippen molar-refractivity contribution in [1.82, 2.24) is 0 Å². The standard InChI is InChI=1S/C16H15NOS/c1-11-6-7-14(19-11)15(18)16(10-17)8-12-4-2-3-5-13(12)9-16/h2-7,15,18H,8-9H2,1H3. The molecule has 3 rings (SSSR count). The molecule has 1 atom stereocenters. The van der Waals surface area contributed by atoms with E-state index in [0.29, 0.717) is 12.8 Å². The Kier molecular flexibility index (Phi) is 2.93. The van der Waals surface area contributed by atoms with Gasteiger partial charge in [-0.2, -0.15) is 5.26 Å². The topological polar surface area (TPSA) is 44.0 Å². The van der Waals surface area contributed by atoms with Gasteiger partial charge in [0.2, 0.25) is 0 Å². The SMILES string of the molecule is Cc1ccc(C(O)C2(C#N)Cc3ccccc3C2)s1. The minimum absolute atomic E-state index is 0.637. The van der Waals surface area contributed by atoms with Crippen molar-refractivity contribution in [2.45, 2.75) is 25.9 Å². The quantitative estimate of drug-likeness (QED) is 0.908. The van der Waals surface area contributed by atoms with E-state index in [4.69, 9.17) is 0 Å². The van der Waals surface area contributed by atoms with Gasteiger partial charge in [-0.15, -0.1) is 11.3 Å². The Hall–Kier alpha value is -1.63. The number of aliphatic hydroxyl groups is 1. The van der Waals surface area contributed by atoms with E-state index in [1.165, 1.54) is 11.1 Å². The molecular formula is C16H15NOS. The maximum Gasteiger partial charge on any atom is 0.107 e. The Balaban J connectivity index is 1.97. The highest BCUT2D eigenvalue weighted by Gasteiger charge is 2.44. The van der Waals surface area contributed by atoms with Gasteiger partial charge in [0.05, 0.1) is 11.5 Å². The fourth-order valence-corrected chi connectivity index (χ4v) is 3.83. The van der Waals surface area contributed by atoms with Crippen LogP contribution in [0.25, 0.3) is 0 Å². The number of benzene rings is 1. The molecule has 0 saturated carbocycles. The summed E-state index contributed by atoms with van der Waals surface area (Å²) < 4.78 is 0. The van der Waals surface area contributed by atoms with Crippen LogP contribution in [0.1, 0.15) is 27.0 Å². The van der Waals surface area contributed by atoms with Crippen molar-refractivity contribution in [2.24, 2.45) is 5.41 Å². The second-order valence-electron chi connectivity index (χ2n) is 5.24. The number of rotatable bonds is 2. The first-order chi connectivity index (χ1) is 9.14. The number of hydrogen-bond acceptors (Lipinski definition) is 3. The third-order valence-corrected chi connectivity index (χ3v) is 4.96. The van der Waals surface area contributed by atoms with Crippen LogP contribution in [-0.2, 0) is 12.8 Å². The largest absolute Gasteiger partial charge is 0.386 e. The van der Waals surface area contributed by atoms with Gasteiger partial charge in [-0.1, -0.05) is 24.3 Å². The Bertz CT molecular complexity index is 628. The van der Waals surface area contributed by atoms with Gasteiger partial charge < -0.3 is 5.11 Å². The number of nitriles is 1. The molecule has 3 heteroatoms. The van der Waals surface area contributed by atoms with Crippen LogP contribution in [0.3, 0.4) is 0 Å². The Morgan fingerprint density at radius 1 is 1.21 bits per heavy atom. The van der Waals surface area contributed by atoms with Crippen LogP contribution in [0.4, 0.5) is 0 Å². The van der Waals surface area contributed by atoms with Crippen molar-refractivity contribution in [3.63, 3.8) is 0 Å². The first-order valence-electron chi connectivity index (χ1n) is 6.37. The molecule has 2 aromatic rings. The Morgan fingerprint density at radius 2 is 1.84 bits per heavy atom. The fourth-order valence-electron chi connectivity index (χ4n) is 2.85. The van der Waals surface area contributed by atoms with Crippen LogP contribution >= 0.6 is 11.3 Å². The van der Waals surface area contributed by atoms with Crippen LogP contribution < -0.4 is 0 Å². The molecule has 0 saturated heterocycles. The predicted octanol–water partition coefficient (Wildman–Crippen LogP) is 3.40. The summed E-state index contributed by atoms with van der Waals surface area (Å²) >= 11 is 1.57. The molecule has 0 radical (unpaired) electrons. The zero-order chi connectivity index (χ0) is 13.5. The molecule has 1 aromatic carbocycles. The Labute approximate surface area is 116 Å². The summed E-state index contributed by atoms with van der Waals surface area (Å²) in [6, 6.07) is 14.4. The highest BCUT2D eigenvalue weighted by atomic mass is 32.1. The zero-order valence-corrected chi connectivity index (χ0v) is 11.6. The lowest BCUT2D eigenvalue weighted by atomic mass is 9.80. The molecule has 0 spiro atoms. The molecule has 1 heterocycles. The maximum atomic E-state index is 10.6. The van der Waals surface area contributed by atoms with Gasteiger partial charge in [0.1, 0.15) is 6.10 Å². The van der Waals surface area contributed by atoms with Gasteiger partial charge in [0.25, 0.3) is 0 Å². The summed E-state index contributed by atoms with van der Waals surface area (Å²) in [7, 11) is 0. The molecule has 0 fully saturated rings. The summed E-state index contributed by atoms with van der Waals surface area (Å²) in [6.07, 6.45) is 0.568. The molecule has 1 aliphatic carbocycles. The maximum absolute atomic E-state index is 10.6. The fraction of sp³-hybridized carbons (Fsp3) is 0.312. The lowest BCUT2D eigenvalue weighted by molar-refractivity contribution is 0.0725. The van der Waals surface area contributed by atoms with Crippen LogP contribution in [0, 0.1) is 23.7 Å². The number of thiophene rings is 1. The molecule has 1 N–H and O–H groups in total. The average Bonchev–Trinajstić information content (AvgIpc) is 3.01. The van der Waals surface area contributed by atoms with E-state index < -0.39 is 11.5 Å². The molecule has 19 heavy (non-hydrogen) atoms. The second-order valence-corrected chi connectivity index (χ2v) is 6.56. The van der Waals surface area contributed by atoms with E-state index in [1.807, 2.05) is 31.2 Å². The first-order valence-corrected chi connectivity index (χ1v) is 7.19. The van der Waals surface area contributed by atoms with Crippen LogP contribution in [0.5, 0.6) is 0 Å². The van der Waals surface area contributed by atoms with Crippen molar-refractivity contribution in [3.8, 4) is 6.07 Å². The van der Waals surface area contributed by atoms with Gasteiger partial charge in [0, 0.05) is 9.75 Å². The number of aryl methyl sites for hydroxylation is 1. The average molecular weight is 269 g/mol. The summed E-state index contributed by atoms with van der Waals surface area (Å²) in [5.74, 6) is 0. The number of aliphatic hydroxyl groups excluding tert-OH is 1. The van der Waals surface area contributed by atoms with Crippen molar-refractivity contribution in [2.75, 3.05) is 0 Å². The van der Waals surface area contributed by atoms with E-state index in [0.717, 1.165) is 9.75 Å². The molecule has 96 valence electrons. The summed E-state index contributed by atoms with van der Waals surface area (Å²) in [5.41, 5.74) is 1.67. The highest BCUT2D eigenvalue weighted by Crippen LogP contribution is 2.46. The normalized spacial score (nSPS) is 17.7. The molecule has 1 aliphatic rings. The van der Waals surface area contributed by atoms with E-state index >= 15 is 0 Å².